The molecule has 0 bridgehead atoms. The molecule has 6 heteroatoms. The lowest BCUT2D eigenvalue weighted by molar-refractivity contribution is -0.142. The van der Waals surface area contributed by atoms with Crippen LogP contribution in [0.25, 0.3) is 0 Å². The van der Waals surface area contributed by atoms with E-state index in [-0.39, 0.29) is 13.2 Å². The van der Waals surface area contributed by atoms with Crippen molar-refractivity contribution in [1.29, 1.82) is 0 Å². The zero-order chi connectivity index (χ0) is 14.0. The molecule has 1 amide bonds. The summed E-state index contributed by atoms with van der Waals surface area (Å²) in [6.07, 6.45) is 0. The highest BCUT2D eigenvalue weighted by Crippen LogP contribution is 2.45. The minimum atomic E-state index is -0.900. The second-order valence-corrected chi connectivity index (χ2v) is 4.35. The third-order valence-electron chi connectivity index (χ3n) is 3.36. The van der Waals surface area contributed by atoms with E-state index in [2.05, 4.69) is 0 Å². The molecule has 0 aliphatic carbocycles. The third-order valence-corrected chi connectivity index (χ3v) is 3.36. The SMILES string of the molecule is COc1cc(OC)c(C2(C(N)=O)COC2)c(OC)c1. The smallest absolute Gasteiger partial charge is 0.233 e. The van der Waals surface area contributed by atoms with Crippen LogP contribution in [0.4, 0.5) is 0 Å². The van der Waals surface area contributed by atoms with Crippen LogP contribution in [-0.2, 0) is 14.9 Å². The molecule has 1 fully saturated rings. The number of methoxy groups -OCH3 is 3. The fourth-order valence-corrected chi connectivity index (χ4v) is 2.19. The summed E-state index contributed by atoms with van der Waals surface area (Å²) in [5.74, 6) is 1.12. The average Bonchev–Trinajstić information content (AvgIpc) is 2.36. The predicted molar refractivity (Wildman–Crippen MR) is 67.8 cm³/mol. The number of primary amides is 1. The monoisotopic (exact) mass is 267 g/mol. The zero-order valence-corrected chi connectivity index (χ0v) is 11.2. The third kappa shape index (κ3) is 1.98. The first-order chi connectivity index (χ1) is 9.08. The largest absolute Gasteiger partial charge is 0.496 e. The molecule has 0 saturated carbocycles. The van der Waals surface area contributed by atoms with Crippen molar-refractivity contribution in [2.75, 3.05) is 34.5 Å². The molecule has 1 aromatic rings. The number of rotatable bonds is 5. The van der Waals surface area contributed by atoms with Gasteiger partial charge in [-0.25, -0.2) is 0 Å². The van der Waals surface area contributed by atoms with Crippen molar-refractivity contribution >= 4 is 5.91 Å². The Labute approximate surface area is 111 Å². The van der Waals surface area contributed by atoms with Crippen LogP contribution in [0.2, 0.25) is 0 Å². The van der Waals surface area contributed by atoms with Crippen LogP contribution in [-0.4, -0.2) is 40.5 Å². The lowest BCUT2D eigenvalue weighted by atomic mass is 9.76. The van der Waals surface area contributed by atoms with Crippen LogP contribution in [0.3, 0.4) is 0 Å². The van der Waals surface area contributed by atoms with E-state index in [9.17, 15) is 4.79 Å². The van der Waals surface area contributed by atoms with Crippen LogP contribution in [0.15, 0.2) is 12.1 Å². The van der Waals surface area contributed by atoms with E-state index in [1.165, 1.54) is 14.2 Å². The van der Waals surface area contributed by atoms with E-state index in [0.29, 0.717) is 22.8 Å². The maximum atomic E-state index is 11.8. The van der Waals surface area contributed by atoms with Crippen LogP contribution < -0.4 is 19.9 Å². The Morgan fingerprint density at radius 2 is 1.68 bits per heavy atom. The molecule has 0 radical (unpaired) electrons. The number of ether oxygens (including phenoxy) is 4. The van der Waals surface area contributed by atoms with Crippen LogP contribution >= 0.6 is 0 Å². The first kappa shape index (κ1) is 13.5. The van der Waals surface area contributed by atoms with Crippen molar-refractivity contribution in [2.24, 2.45) is 5.73 Å². The van der Waals surface area contributed by atoms with Gasteiger partial charge in [0.05, 0.1) is 40.1 Å². The molecule has 0 unspecified atom stereocenters. The maximum Gasteiger partial charge on any atom is 0.233 e. The Kier molecular flexibility index (Phi) is 3.53. The van der Waals surface area contributed by atoms with Crippen molar-refractivity contribution in [3.05, 3.63) is 17.7 Å². The predicted octanol–water partition coefficient (Wildman–Crippen LogP) is 0.466. The number of carbonyl (C=O) groups is 1. The molecule has 0 aromatic heterocycles. The van der Waals surface area contributed by atoms with E-state index in [4.69, 9.17) is 24.7 Å². The average molecular weight is 267 g/mol. The molecule has 1 aliphatic rings. The molecule has 104 valence electrons. The molecule has 1 saturated heterocycles. The van der Waals surface area contributed by atoms with Gasteiger partial charge in [0, 0.05) is 12.1 Å². The van der Waals surface area contributed by atoms with Crippen LogP contribution in [0.5, 0.6) is 17.2 Å². The standard InChI is InChI=1S/C13H17NO5/c1-16-8-4-9(17-2)11(10(5-8)18-3)13(12(14)15)6-19-7-13/h4-5H,6-7H2,1-3H3,(H2,14,15). The summed E-state index contributed by atoms with van der Waals surface area (Å²) < 4.78 is 21.0. The summed E-state index contributed by atoms with van der Waals surface area (Å²) >= 11 is 0. The molecule has 1 aliphatic heterocycles. The van der Waals surface area contributed by atoms with Gasteiger partial charge in [0.15, 0.2) is 0 Å². The summed E-state index contributed by atoms with van der Waals surface area (Å²) in [5.41, 5.74) is 5.23. The Hall–Kier alpha value is -1.95. The lowest BCUT2D eigenvalue weighted by Gasteiger charge is -2.40. The topological polar surface area (TPSA) is 80.0 Å². The Balaban J connectivity index is 2.63. The number of hydrogen-bond acceptors (Lipinski definition) is 5. The number of hydrogen-bond donors (Lipinski definition) is 1. The first-order valence-corrected chi connectivity index (χ1v) is 5.77. The number of nitrogens with two attached hydrogens (primary N) is 1. The zero-order valence-electron chi connectivity index (χ0n) is 11.2. The highest BCUT2D eigenvalue weighted by molar-refractivity contribution is 5.90. The van der Waals surface area contributed by atoms with Gasteiger partial charge in [0.2, 0.25) is 5.91 Å². The molecular weight excluding hydrogens is 250 g/mol. The Morgan fingerprint density at radius 1 is 1.16 bits per heavy atom. The van der Waals surface area contributed by atoms with Gasteiger partial charge < -0.3 is 24.7 Å². The van der Waals surface area contributed by atoms with Gasteiger partial charge in [-0.1, -0.05) is 0 Å². The van der Waals surface area contributed by atoms with Crippen molar-refractivity contribution in [2.45, 2.75) is 5.41 Å². The molecule has 6 nitrogen and oxygen atoms in total. The van der Waals surface area contributed by atoms with Gasteiger partial charge in [0.25, 0.3) is 0 Å². The van der Waals surface area contributed by atoms with Crippen molar-refractivity contribution in [3.8, 4) is 17.2 Å². The van der Waals surface area contributed by atoms with Gasteiger partial charge in [-0.15, -0.1) is 0 Å². The second kappa shape index (κ2) is 4.97. The quantitative estimate of drug-likeness (QED) is 0.838. The summed E-state index contributed by atoms with van der Waals surface area (Å²) in [6, 6.07) is 3.39. The Bertz CT molecular complexity index is 471. The molecular formula is C13H17NO5. The number of amides is 1. The highest BCUT2D eigenvalue weighted by atomic mass is 16.5. The molecule has 2 N–H and O–H groups in total. The fourth-order valence-electron chi connectivity index (χ4n) is 2.19. The van der Waals surface area contributed by atoms with Crippen molar-refractivity contribution in [3.63, 3.8) is 0 Å². The molecule has 0 spiro atoms. The van der Waals surface area contributed by atoms with E-state index in [0.717, 1.165) is 0 Å². The van der Waals surface area contributed by atoms with E-state index in [1.54, 1.807) is 19.2 Å². The summed E-state index contributed by atoms with van der Waals surface area (Å²) in [6.45, 7) is 0.447. The van der Waals surface area contributed by atoms with Gasteiger partial charge in [-0.05, 0) is 0 Å². The molecule has 19 heavy (non-hydrogen) atoms. The van der Waals surface area contributed by atoms with E-state index < -0.39 is 11.3 Å². The fraction of sp³-hybridized carbons (Fsp3) is 0.462. The lowest BCUT2D eigenvalue weighted by Crippen LogP contribution is -2.56. The second-order valence-electron chi connectivity index (χ2n) is 4.35. The maximum absolute atomic E-state index is 11.8. The van der Waals surface area contributed by atoms with E-state index >= 15 is 0 Å². The minimum absolute atomic E-state index is 0.224. The van der Waals surface area contributed by atoms with Crippen LogP contribution in [0.1, 0.15) is 5.56 Å². The van der Waals surface area contributed by atoms with Crippen molar-refractivity contribution in [1.82, 2.24) is 0 Å². The first-order valence-electron chi connectivity index (χ1n) is 5.77. The van der Waals surface area contributed by atoms with Gasteiger partial charge in [-0.2, -0.15) is 0 Å². The summed E-state index contributed by atoms with van der Waals surface area (Å²) in [4.78, 5) is 11.8. The minimum Gasteiger partial charge on any atom is -0.496 e. The summed E-state index contributed by atoms with van der Waals surface area (Å²) in [7, 11) is 4.59. The van der Waals surface area contributed by atoms with Gasteiger partial charge in [-0.3, -0.25) is 4.79 Å². The Morgan fingerprint density at radius 3 is 1.95 bits per heavy atom. The molecule has 1 heterocycles. The molecule has 2 rings (SSSR count). The highest BCUT2D eigenvalue weighted by Gasteiger charge is 2.50. The van der Waals surface area contributed by atoms with Crippen LogP contribution in [0, 0.1) is 0 Å². The number of carbonyl (C=O) groups excluding carboxylic acids is 1. The number of benzene rings is 1. The summed E-state index contributed by atoms with van der Waals surface area (Å²) in [5, 5.41) is 0. The molecule has 0 atom stereocenters. The van der Waals surface area contributed by atoms with Gasteiger partial charge in [0.1, 0.15) is 22.7 Å². The molecule has 1 aromatic carbocycles. The normalized spacial score (nSPS) is 16.4. The van der Waals surface area contributed by atoms with Gasteiger partial charge >= 0.3 is 0 Å². The van der Waals surface area contributed by atoms with E-state index in [1.807, 2.05) is 0 Å². The van der Waals surface area contributed by atoms with Crippen molar-refractivity contribution < 1.29 is 23.7 Å².